The number of primary amides is 1. The Labute approximate surface area is 201 Å². The molecular weight excluding hydrogens is 468 g/mol. The smallest absolute Gasteiger partial charge is 0.365 e. The fourth-order valence-corrected chi connectivity index (χ4v) is 4.25. The van der Waals surface area contributed by atoms with Gasteiger partial charge in [-0.1, -0.05) is 12.1 Å². The Balaban J connectivity index is 0.000000214. The van der Waals surface area contributed by atoms with Gasteiger partial charge in [0.05, 0.1) is 30.8 Å². The van der Waals surface area contributed by atoms with Crippen LogP contribution in [0.25, 0.3) is 11.3 Å². The number of carbonyl (C=O) groups excluding carboxylic acids is 2. The molecule has 1 aromatic heterocycles. The van der Waals surface area contributed by atoms with Crippen LogP contribution in [0, 0.1) is 5.82 Å². The lowest BCUT2D eigenvalue weighted by molar-refractivity contribution is -0.138. The van der Waals surface area contributed by atoms with Crippen molar-refractivity contribution in [2.45, 2.75) is 44.6 Å². The molecule has 2 aliphatic heterocycles. The normalized spacial score (nSPS) is 16.9. The quantitative estimate of drug-likeness (QED) is 0.471. The summed E-state index contributed by atoms with van der Waals surface area (Å²) in [6, 6.07) is 6.32. The second kappa shape index (κ2) is 11.6. The summed E-state index contributed by atoms with van der Waals surface area (Å²) in [4.78, 5) is 26.1. The standard InChI is InChI=1S/C14H13FN4O2.C9H17F3N2/c15-10-3-1-2-9(6-10)13-12(14(16)21)11-7-18(8-20)4-5-19(11)17-13;1-13-8-2-5-14(6-3-8)7-4-9(10,11)12/h1-3,6,8H,4-5,7H2,(H2,16,21);8,13H,2-7H2,1H3. The maximum atomic E-state index is 13.4. The first-order valence-corrected chi connectivity index (χ1v) is 11.4. The van der Waals surface area contributed by atoms with Crippen LogP contribution in [0.5, 0.6) is 0 Å². The van der Waals surface area contributed by atoms with Crippen molar-refractivity contribution in [3.63, 3.8) is 0 Å². The van der Waals surface area contributed by atoms with Gasteiger partial charge in [-0.25, -0.2) is 4.39 Å². The molecule has 0 unspecified atom stereocenters. The average molecular weight is 499 g/mol. The summed E-state index contributed by atoms with van der Waals surface area (Å²) in [7, 11) is 1.90. The number of nitrogens with two attached hydrogens (primary N) is 1. The molecule has 3 N–H and O–H groups in total. The predicted octanol–water partition coefficient (Wildman–Crippen LogP) is 2.38. The van der Waals surface area contributed by atoms with Gasteiger partial charge in [0.25, 0.3) is 5.91 Å². The number of fused-ring (bicyclic) bond motifs is 1. The zero-order valence-corrected chi connectivity index (χ0v) is 19.5. The molecular formula is C23H30F4N6O2. The second-order valence-electron chi connectivity index (χ2n) is 8.61. The fraction of sp³-hybridized carbons (Fsp3) is 0.522. The van der Waals surface area contributed by atoms with Crippen molar-refractivity contribution in [3.05, 3.63) is 41.3 Å². The van der Waals surface area contributed by atoms with Gasteiger partial charge in [0.1, 0.15) is 11.5 Å². The Morgan fingerprint density at radius 2 is 1.94 bits per heavy atom. The lowest BCUT2D eigenvalue weighted by Crippen LogP contribution is -2.42. The van der Waals surface area contributed by atoms with Crippen molar-refractivity contribution in [3.8, 4) is 11.3 Å². The first-order chi connectivity index (χ1) is 16.6. The molecule has 2 aromatic rings. The number of hydrogen-bond acceptors (Lipinski definition) is 5. The van der Waals surface area contributed by atoms with Crippen molar-refractivity contribution in [1.29, 1.82) is 0 Å². The van der Waals surface area contributed by atoms with E-state index in [1.54, 1.807) is 21.7 Å². The number of rotatable bonds is 6. The summed E-state index contributed by atoms with van der Waals surface area (Å²) in [5.41, 5.74) is 7.12. The number of piperidine rings is 1. The zero-order chi connectivity index (χ0) is 25.6. The number of aromatic nitrogens is 2. The maximum Gasteiger partial charge on any atom is 0.390 e. The van der Waals surface area contributed by atoms with Gasteiger partial charge in [-0.2, -0.15) is 18.3 Å². The molecule has 0 saturated carbocycles. The van der Waals surface area contributed by atoms with E-state index >= 15 is 0 Å². The fourth-order valence-electron chi connectivity index (χ4n) is 4.25. The lowest BCUT2D eigenvalue weighted by atomic mass is 10.0. The number of nitrogens with zero attached hydrogens (tertiary/aromatic N) is 4. The number of halogens is 4. The molecule has 2 amide bonds. The average Bonchev–Trinajstić information content (AvgIpc) is 3.22. The molecule has 2 aliphatic rings. The van der Waals surface area contributed by atoms with Crippen LogP contribution in [0.1, 0.15) is 35.3 Å². The summed E-state index contributed by atoms with van der Waals surface area (Å²) < 4.78 is 50.8. The molecule has 3 heterocycles. The first kappa shape index (κ1) is 26.6. The molecule has 4 rings (SSSR count). The molecule has 8 nitrogen and oxygen atoms in total. The highest BCUT2D eigenvalue weighted by atomic mass is 19.4. The minimum Gasteiger partial charge on any atom is -0.365 e. The van der Waals surface area contributed by atoms with E-state index in [1.807, 2.05) is 11.9 Å². The van der Waals surface area contributed by atoms with Gasteiger partial charge in [0.2, 0.25) is 6.41 Å². The van der Waals surface area contributed by atoms with Crippen molar-refractivity contribution >= 4 is 12.3 Å². The summed E-state index contributed by atoms with van der Waals surface area (Å²) in [5.74, 6) is -1.05. The third-order valence-corrected chi connectivity index (χ3v) is 6.21. The largest absolute Gasteiger partial charge is 0.390 e. The van der Waals surface area contributed by atoms with E-state index in [1.165, 1.54) is 12.1 Å². The van der Waals surface area contributed by atoms with E-state index in [4.69, 9.17) is 5.73 Å². The Bertz CT molecular complexity index is 1020. The number of nitrogens with one attached hydrogen (secondary N) is 1. The van der Waals surface area contributed by atoms with Crippen LogP contribution in [-0.2, 0) is 17.9 Å². The monoisotopic (exact) mass is 498 g/mol. The molecule has 12 heteroatoms. The van der Waals surface area contributed by atoms with Crippen molar-refractivity contribution in [1.82, 2.24) is 24.9 Å². The third kappa shape index (κ3) is 7.25. The van der Waals surface area contributed by atoms with Gasteiger partial charge < -0.3 is 20.9 Å². The molecule has 0 aliphatic carbocycles. The van der Waals surface area contributed by atoms with E-state index in [0.29, 0.717) is 36.1 Å². The number of hydrogen-bond donors (Lipinski definition) is 2. The van der Waals surface area contributed by atoms with Gasteiger partial charge in [-0.15, -0.1) is 0 Å². The molecule has 0 radical (unpaired) electrons. The lowest BCUT2D eigenvalue weighted by Gasteiger charge is -2.31. The molecule has 0 bridgehead atoms. The molecule has 1 saturated heterocycles. The zero-order valence-electron chi connectivity index (χ0n) is 19.5. The highest BCUT2D eigenvalue weighted by Gasteiger charge is 2.29. The summed E-state index contributed by atoms with van der Waals surface area (Å²) in [6.45, 7) is 2.97. The van der Waals surface area contributed by atoms with E-state index in [-0.39, 0.29) is 18.7 Å². The first-order valence-electron chi connectivity index (χ1n) is 11.4. The van der Waals surface area contributed by atoms with Crippen molar-refractivity contribution in [2.24, 2.45) is 5.73 Å². The summed E-state index contributed by atoms with van der Waals surface area (Å²) in [5, 5.41) is 7.51. The van der Waals surface area contributed by atoms with Crippen LogP contribution < -0.4 is 11.1 Å². The Kier molecular flexibility index (Phi) is 8.84. The van der Waals surface area contributed by atoms with Crippen LogP contribution in [0.2, 0.25) is 0 Å². The number of amides is 2. The topological polar surface area (TPSA) is 96.5 Å². The Morgan fingerprint density at radius 3 is 2.51 bits per heavy atom. The number of carbonyl (C=O) groups is 2. The van der Waals surface area contributed by atoms with Crippen LogP contribution in [0.3, 0.4) is 0 Å². The van der Waals surface area contributed by atoms with Gasteiger partial charge in [-0.05, 0) is 45.1 Å². The molecule has 1 fully saturated rings. The molecule has 35 heavy (non-hydrogen) atoms. The van der Waals surface area contributed by atoms with Crippen LogP contribution in [0.15, 0.2) is 24.3 Å². The van der Waals surface area contributed by atoms with Gasteiger partial charge in [0.15, 0.2) is 0 Å². The summed E-state index contributed by atoms with van der Waals surface area (Å²) >= 11 is 0. The Hall–Kier alpha value is -2.99. The number of likely N-dealkylation sites (tertiary alicyclic amines) is 1. The minimum atomic E-state index is -4.01. The minimum absolute atomic E-state index is 0.153. The van der Waals surface area contributed by atoms with Crippen LogP contribution in [0.4, 0.5) is 17.6 Å². The number of benzene rings is 1. The molecule has 192 valence electrons. The van der Waals surface area contributed by atoms with Gasteiger partial charge >= 0.3 is 6.18 Å². The molecule has 0 spiro atoms. The van der Waals surface area contributed by atoms with Crippen LogP contribution >= 0.6 is 0 Å². The van der Waals surface area contributed by atoms with Gasteiger partial charge in [-0.3, -0.25) is 14.3 Å². The second-order valence-corrected chi connectivity index (χ2v) is 8.61. The maximum absolute atomic E-state index is 13.4. The van der Waals surface area contributed by atoms with E-state index in [2.05, 4.69) is 10.4 Å². The van der Waals surface area contributed by atoms with Crippen molar-refractivity contribution < 1.29 is 27.2 Å². The summed E-state index contributed by atoms with van der Waals surface area (Å²) in [6.07, 6.45) is -2.07. The Morgan fingerprint density at radius 1 is 1.23 bits per heavy atom. The van der Waals surface area contributed by atoms with Crippen molar-refractivity contribution in [2.75, 3.05) is 33.2 Å². The highest BCUT2D eigenvalue weighted by Crippen LogP contribution is 2.28. The molecule has 1 aromatic carbocycles. The number of alkyl halides is 3. The van der Waals surface area contributed by atoms with E-state index in [0.717, 1.165) is 32.3 Å². The van der Waals surface area contributed by atoms with Gasteiger partial charge in [0, 0.05) is 24.7 Å². The highest BCUT2D eigenvalue weighted by molar-refractivity contribution is 6.00. The molecule has 0 atom stereocenters. The van der Waals surface area contributed by atoms with E-state index in [9.17, 15) is 27.2 Å². The third-order valence-electron chi connectivity index (χ3n) is 6.21. The SMILES string of the molecule is CNC1CCN(CCC(F)(F)F)CC1.NC(=O)c1c(-c2cccc(F)c2)nn2c1CN(C=O)CC2. The van der Waals surface area contributed by atoms with Crippen LogP contribution in [-0.4, -0.2) is 77.3 Å². The van der Waals surface area contributed by atoms with E-state index < -0.39 is 24.3 Å². The predicted molar refractivity (Wildman–Crippen MR) is 122 cm³/mol.